The van der Waals surface area contributed by atoms with Crippen LogP contribution in [0, 0.1) is 0 Å². The largest absolute Gasteiger partial charge is 0.495 e. The molecule has 0 heterocycles. The van der Waals surface area contributed by atoms with E-state index in [0.29, 0.717) is 11.4 Å². The van der Waals surface area contributed by atoms with Crippen LogP contribution in [0.4, 0.5) is 5.69 Å². The minimum Gasteiger partial charge on any atom is -0.495 e. The van der Waals surface area contributed by atoms with Gasteiger partial charge in [-0.05, 0) is 24.1 Å². The topological polar surface area (TPSA) is 49.8 Å². The SMILES string of the molecule is CCc1ccc(OC)c(N(C)C(=O)CO)c1. The number of aryl methyl sites for hydroxylation is 1. The van der Waals surface area contributed by atoms with E-state index < -0.39 is 6.61 Å². The van der Waals surface area contributed by atoms with Gasteiger partial charge in [0.2, 0.25) is 0 Å². The highest BCUT2D eigenvalue weighted by molar-refractivity contribution is 5.95. The molecule has 0 spiro atoms. The number of ether oxygens (including phenoxy) is 1. The van der Waals surface area contributed by atoms with E-state index in [1.54, 1.807) is 14.2 Å². The lowest BCUT2D eigenvalue weighted by Gasteiger charge is -2.19. The van der Waals surface area contributed by atoms with Gasteiger partial charge in [-0.15, -0.1) is 0 Å². The van der Waals surface area contributed by atoms with Gasteiger partial charge < -0.3 is 14.7 Å². The average molecular weight is 223 g/mol. The predicted molar refractivity (Wildman–Crippen MR) is 62.9 cm³/mol. The van der Waals surface area contributed by atoms with Crippen LogP contribution >= 0.6 is 0 Å². The second-order valence-corrected chi connectivity index (χ2v) is 3.47. The third-order valence-electron chi connectivity index (χ3n) is 2.52. The zero-order valence-electron chi connectivity index (χ0n) is 9.86. The van der Waals surface area contributed by atoms with Crippen LogP contribution in [0.25, 0.3) is 0 Å². The summed E-state index contributed by atoms with van der Waals surface area (Å²) in [5, 5.41) is 8.82. The molecule has 0 atom stereocenters. The van der Waals surface area contributed by atoms with Gasteiger partial charge in [0, 0.05) is 7.05 Å². The molecule has 1 aromatic rings. The van der Waals surface area contributed by atoms with Crippen molar-refractivity contribution in [3.63, 3.8) is 0 Å². The summed E-state index contributed by atoms with van der Waals surface area (Å²) in [7, 11) is 3.18. The van der Waals surface area contributed by atoms with Gasteiger partial charge in [-0.3, -0.25) is 4.79 Å². The molecule has 0 saturated carbocycles. The summed E-state index contributed by atoms with van der Waals surface area (Å²) in [6.45, 7) is 1.54. The molecule has 4 heteroatoms. The second kappa shape index (κ2) is 5.51. The number of aliphatic hydroxyl groups is 1. The first-order valence-electron chi connectivity index (χ1n) is 5.18. The molecule has 0 unspecified atom stereocenters. The van der Waals surface area contributed by atoms with Crippen molar-refractivity contribution in [2.45, 2.75) is 13.3 Å². The highest BCUT2D eigenvalue weighted by Gasteiger charge is 2.14. The summed E-state index contributed by atoms with van der Waals surface area (Å²) >= 11 is 0. The monoisotopic (exact) mass is 223 g/mol. The van der Waals surface area contributed by atoms with Crippen molar-refractivity contribution in [3.05, 3.63) is 23.8 Å². The van der Waals surface area contributed by atoms with E-state index in [4.69, 9.17) is 9.84 Å². The van der Waals surface area contributed by atoms with Gasteiger partial charge in [0.05, 0.1) is 12.8 Å². The quantitative estimate of drug-likeness (QED) is 0.834. The fraction of sp³-hybridized carbons (Fsp3) is 0.417. The fourth-order valence-corrected chi connectivity index (χ4v) is 1.46. The van der Waals surface area contributed by atoms with Crippen molar-refractivity contribution < 1.29 is 14.6 Å². The second-order valence-electron chi connectivity index (χ2n) is 3.47. The lowest BCUT2D eigenvalue weighted by Crippen LogP contribution is -2.29. The minimum absolute atomic E-state index is 0.355. The Labute approximate surface area is 95.5 Å². The highest BCUT2D eigenvalue weighted by Crippen LogP contribution is 2.28. The molecule has 0 bridgehead atoms. The number of amides is 1. The Morgan fingerprint density at radius 1 is 1.50 bits per heavy atom. The molecular weight excluding hydrogens is 206 g/mol. The van der Waals surface area contributed by atoms with Crippen LogP contribution in [-0.4, -0.2) is 31.8 Å². The number of likely N-dealkylation sites (N-methyl/N-ethyl adjacent to an activating group) is 1. The van der Waals surface area contributed by atoms with Crippen LogP contribution in [0.2, 0.25) is 0 Å². The van der Waals surface area contributed by atoms with Crippen molar-refractivity contribution in [1.82, 2.24) is 0 Å². The smallest absolute Gasteiger partial charge is 0.252 e. The Hall–Kier alpha value is -1.55. The number of aliphatic hydroxyl groups excluding tert-OH is 1. The predicted octanol–water partition coefficient (Wildman–Crippen LogP) is 1.21. The molecule has 0 radical (unpaired) electrons. The molecule has 0 aliphatic heterocycles. The van der Waals surface area contributed by atoms with E-state index >= 15 is 0 Å². The summed E-state index contributed by atoms with van der Waals surface area (Å²) in [6, 6.07) is 5.68. The molecule has 1 rings (SSSR count). The van der Waals surface area contributed by atoms with Gasteiger partial charge >= 0.3 is 0 Å². The molecule has 0 aliphatic carbocycles. The average Bonchev–Trinajstić information content (AvgIpc) is 2.35. The maximum atomic E-state index is 11.4. The van der Waals surface area contributed by atoms with Crippen LogP contribution in [-0.2, 0) is 11.2 Å². The van der Waals surface area contributed by atoms with Crippen molar-refractivity contribution in [1.29, 1.82) is 0 Å². The number of carbonyl (C=O) groups excluding carboxylic acids is 1. The Morgan fingerprint density at radius 2 is 2.19 bits per heavy atom. The van der Waals surface area contributed by atoms with E-state index in [9.17, 15) is 4.79 Å². The molecule has 4 nitrogen and oxygen atoms in total. The van der Waals surface area contributed by atoms with E-state index in [1.165, 1.54) is 4.90 Å². The zero-order valence-corrected chi connectivity index (χ0v) is 9.86. The standard InChI is InChI=1S/C12H17NO3/c1-4-9-5-6-11(16-3)10(7-9)13(2)12(15)8-14/h5-7,14H,4,8H2,1-3H3. The molecule has 0 fully saturated rings. The summed E-state index contributed by atoms with van der Waals surface area (Å²) in [4.78, 5) is 12.8. The molecule has 1 N–H and O–H groups in total. The Kier molecular flexibility index (Phi) is 4.31. The van der Waals surface area contributed by atoms with E-state index in [-0.39, 0.29) is 5.91 Å². The molecule has 1 amide bonds. The lowest BCUT2D eigenvalue weighted by atomic mass is 10.1. The number of methoxy groups -OCH3 is 1. The van der Waals surface area contributed by atoms with Crippen molar-refractivity contribution in [3.8, 4) is 5.75 Å². The Bertz CT molecular complexity index is 377. The molecule has 0 aromatic heterocycles. The molecule has 16 heavy (non-hydrogen) atoms. The summed E-state index contributed by atoms with van der Waals surface area (Å²) < 4.78 is 5.19. The maximum absolute atomic E-state index is 11.4. The van der Waals surface area contributed by atoms with E-state index in [2.05, 4.69) is 0 Å². The highest BCUT2D eigenvalue weighted by atomic mass is 16.5. The van der Waals surface area contributed by atoms with Crippen LogP contribution in [0.3, 0.4) is 0 Å². The van der Waals surface area contributed by atoms with E-state index in [1.807, 2.05) is 25.1 Å². The minimum atomic E-state index is -0.504. The third-order valence-corrected chi connectivity index (χ3v) is 2.52. The summed E-state index contributed by atoms with van der Waals surface area (Å²) in [5.74, 6) is 0.271. The number of rotatable bonds is 4. The number of anilines is 1. The number of nitrogens with zero attached hydrogens (tertiary/aromatic N) is 1. The van der Waals surface area contributed by atoms with Gasteiger partial charge in [-0.25, -0.2) is 0 Å². The van der Waals surface area contributed by atoms with Gasteiger partial charge in [0.1, 0.15) is 12.4 Å². The maximum Gasteiger partial charge on any atom is 0.252 e. The Morgan fingerprint density at radius 3 is 2.69 bits per heavy atom. The van der Waals surface area contributed by atoms with Crippen LogP contribution in [0.5, 0.6) is 5.75 Å². The lowest BCUT2D eigenvalue weighted by molar-refractivity contribution is -0.120. The third kappa shape index (κ3) is 2.52. The number of benzene rings is 1. The van der Waals surface area contributed by atoms with Gasteiger partial charge in [-0.1, -0.05) is 13.0 Å². The van der Waals surface area contributed by atoms with Crippen molar-refractivity contribution in [2.75, 3.05) is 25.7 Å². The molecule has 1 aromatic carbocycles. The Balaban J connectivity index is 3.12. The normalized spacial score (nSPS) is 10.0. The van der Waals surface area contributed by atoms with Crippen molar-refractivity contribution in [2.24, 2.45) is 0 Å². The van der Waals surface area contributed by atoms with Gasteiger partial charge in [-0.2, -0.15) is 0 Å². The molecular formula is C12H17NO3. The number of hydrogen-bond donors (Lipinski definition) is 1. The van der Waals surface area contributed by atoms with Gasteiger partial charge in [0.25, 0.3) is 5.91 Å². The summed E-state index contributed by atoms with van der Waals surface area (Å²) in [5.41, 5.74) is 1.80. The summed E-state index contributed by atoms with van der Waals surface area (Å²) in [6.07, 6.45) is 0.887. The fourth-order valence-electron chi connectivity index (χ4n) is 1.46. The number of hydrogen-bond acceptors (Lipinski definition) is 3. The van der Waals surface area contributed by atoms with Crippen LogP contribution in [0.15, 0.2) is 18.2 Å². The van der Waals surface area contributed by atoms with Crippen LogP contribution in [0.1, 0.15) is 12.5 Å². The zero-order chi connectivity index (χ0) is 12.1. The number of carbonyl (C=O) groups is 1. The first kappa shape index (κ1) is 12.5. The first-order valence-corrected chi connectivity index (χ1v) is 5.18. The van der Waals surface area contributed by atoms with Gasteiger partial charge in [0.15, 0.2) is 0 Å². The molecule has 88 valence electrons. The first-order chi connectivity index (χ1) is 7.63. The van der Waals surface area contributed by atoms with E-state index in [0.717, 1.165) is 12.0 Å². The van der Waals surface area contributed by atoms with Crippen LogP contribution < -0.4 is 9.64 Å². The van der Waals surface area contributed by atoms with Crippen molar-refractivity contribution >= 4 is 11.6 Å². The molecule has 0 saturated heterocycles. The molecule has 0 aliphatic rings.